The quantitative estimate of drug-likeness (QED) is 0.590. The Kier molecular flexibility index (Phi) is 7.55. The zero-order valence-electron chi connectivity index (χ0n) is 19.9. The number of aldehydes is 1. The zero-order valence-corrected chi connectivity index (χ0v) is 19.9. The molecular formula is C24H29N7O4. The molecule has 4 heterocycles. The molecule has 2 N–H and O–H groups in total. The number of fused-ring (bicyclic) bond motifs is 1. The van der Waals surface area contributed by atoms with Crippen LogP contribution in [0.2, 0.25) is 0 Å². The molecule has 0 aliphatic carbocycles. The number of urea groups is 1. The zero-order chi connectivity index (χ0) is 24.9. The van der Waals surface area contributed by atoms with Gasteiger partial charge in [0.25, 0.3) is 0 Å². The number of pyridine rings is 2. The summed E-state index contributed by atoms with van der Waals surface area (Å²) >= 11 is 0. The van der Waals surface area contributed by atoms with Gasteiger partial charge in [-0.1, -0.05) is 0 Å². The molecule has 11 heteroatoms. The van der Waals surface area contributed by atoms with E-state index in [1.165, 1.54) is 11.1 Å². The van der Waals surface area contributed by atoms with E-state index < -0.39 is 6.03 Å². The van der Waals surface area contributed by atoms with Crippen LogP contribution in [0.3, 0.4) is 0 Å². The van der Waals surface area contributed by atoms with Crippen LogP contribution in [-0.2, 0) is 17.8 Å². The molecule has 0 bridgehead atoms. The van der Waals surface area contributed by atoms with Gasteiger partial charge in [0.05, 0.1) is 30.6 Å². The Morgan fingerprint density at radius 3 is 2.94 bits per heavy atom. The largest absolute Gasteiger partial charge is 0.392 e. The van der Waals surface area contributed by atoms with Crippen molar-refractivity contribution in [2.45, 2.75) is 25.6 Å². The SMILES string of the molecule is CN(C)CC1CN(c2cc(NC(=O)N3CCCc4cc(CO)c(C=O)nc43)ncc2C#N)CCO1. The fraction of sp³-hybridized carbons (Fsp3) is 0.458. The number of anilines is 3. The van der Waals surface area contributed by atoms with E-state index in [1.54, 1.807) is 12.1 Å². The summed E-state index contributed by atoms with van der Waals surface area (Å²) in [6, 6.07) is 5.19. The number of aliphatic hydroxyl groups is 1. The fourth-order valence-corrected chi connectivity index (χ4v) is 4.48. The Morgan fingerprint density at radius 2 is 2.23 bits per heavy atom. The number of aromatic nitrogens is 2. The van der Waals surface area contributed by atoms with E-state index in [9.17, 15) is 20.0 Å². The molecule has 11 nitrogen and oxygen atoms in total. The van der Waals surface area contributed by atoms with Crippen LogP contribution >= 0.6 is 0 Å². The van der Waals surface area contributed by atoms with Gasteiger partial charge in [0.2, 0.25) is 0 Å². The number of aliphatic hydroxyl groups excluding tert-OH is 1. The topological polar surface area (TPSA) is 135 Å². The molecule has 1 unspecified atom stereocenters. The highest BCUT2D eigenvalue weighted by molar-refractivity contribution is 6.01. The van der Waals surface area contributed by atoms with Crippen molar-refractivity contribution in [3.8, 4) is 6.07 Å². The van der Waals surface area contributed by atoms with E-state index in [-0.39, 0.29) is 18.4 Å². The minimum absolute atomic E-state index is 0.00301. The Labute approximate surface area is 203 Å². The third kappa shape index (κ3) is 5.40. The van der Waals surface area contributed by atoms with Gasteiger partial charge in [-0.2, -0.15) is 5.26 Å². The number of morpholine rings is 1. The molecule has 2 aromatic heterocycles. The lowest BCUT2D eigenvalue weighted by Crippen LogP contribution is -2.46. The standard InChI is InChI=1S/C24H29N7O4/c1-29(2)12-19-13-30(6-7-35-19)21-9-22(26-11-18(21)10-25)28-24(34)31-5-3-4-16-8-17(14-32)20(15-33)27-23(16)31/h8-9,11,15,19,32H,3-7,12-14H2,1-2H3,(H,26,28,34). The maximum atomic E-state index is 13.2. The molecule has 0 radical (unpaired) electrons. The molecule has 2 aliphatic heterocycles. The summed E-state index contributed by atoms with van der Waals surface area (Å²) in [5.41, 5.74) is 2.47. The highest BCUT2D eigenvalue weighted by Gasteiger charge is 2.27. The summed E-state index contributed by atoms with van der Waals surface area (Å²) in [6.45, 7) is 2.68. The van der Waals surface area contributed by atoms with E-state index in [4.69, 9.17) is 4.74 Å². The number of amides is 2. The van der Waals surface area contributed by atoms with Gasteiger partial charge >= 0.3 is 6.03 Å². The summed E-state index contributed by atoms with van der Waals surface area (Å²) in [6.07, 6.45) is 3.46. The fourth-order valence-electron chi connectivity index (χ4n) is 4.48. The van der Waals surface area contributed by atoms with Crippen LogP contribution in [0.5, 0.6) is 0 Å². The number of nitrogens with zero attached hydrogens (tertiary/aromatic N) is 6. The summed E-state index contributed by atoms with van der Waals surface area (Å²) < 4.78 is 5.85. The van der Waals surface area contributed by atoms with Crippen molar-refractivity contribution in [2.24, 2.45) is 0 Å². The molecule has 2 aromatic rings. The number of hydrogen-bond donors (Lipinski definition) is 2. The van der Waals surface area contributed by atoms with Gasteiger partial charge in [-0.25, -0.2) is 14.8 Å². The van der Waals surface area contributed by atoms with Gasteiger partial charge in [0, 0.05) is 44.0 Å². The van der Waals surface area contributed by atoms with Gasteiger partial charge in [-0.05, 0) is 38.6 Å². The van der Waals surface area contributed by atoms with Gasteiger partial charge in [-0.15, -0.1) is 0 Å². The van der Waals surface area contributed by atoms with Gasteiger partial charge < -0.3 is 19.6 Å². The molecule has 1 atom stereocenters. The summed E-state index contributed by atoms with van der Waals surface area (Å²) in [5, 5.41) is 22.0. The predicted octanol–water partition coefficient (Wildman–Crippen LogP) is 1.40. The molecular weight excluding hydrogens is 450 g/mol. The Hall–Kier alpha value is -3.59. The van der Waals surface area contributed by atoms with Crippen molar-refractivity contribution in [2.75, 3.05) is 62.0 Å². The number of nitrogens with one attached hydrogen (secondary N) is 1. The highest BCUT2D eigenvalue weighted by Crippen LogP contribution is 2.29. The number of likely N-dealkylation sites (N-methyl/N-ethyl adjacent to an activating group) is 1. The molecule has 184 valence electrons. The second-order valence-corrected chi connectivity index (χ2v) is 8.88. The first-order chi connectivity index (χ1) is 16.9. The molecule has 0 aromatic carbocycles. The first-order valence-electron chi connectivity index (χ1n) is 11.5. The third-order valence-corrected chi connectivity index (χ3v) is 6.09. The minimum Gasteiger partial charge on any atom is -0.392 e. The van der Waals surface area contributed by atoms with Crippen molar-refractivity contribution in [3.05, 3.63) is 40.7 Å². The van der Waals surface area contributed by atoms with Crippen LogP contribution < -0.4 is 15.1 Å². The number of hydrogen-bond acceptors (Lipinski definition) is 9. The smallest absolute Gasteiger partial charge is 0.328 e. The molecule has 0 spiro atoms. The molecule has 4 rings (SSSR count). The lowest BCUT2D eigenvalue weighted by atomic mass is 10.0. The average molecular weight is 480 g/mol. The molecule has 1 saturated heterocycles. The second kappa shape index (κ2) is 10.8. The monoisotopic (exact) mass is 479 g/mol. The Morgan fingerprint density at radius 1 is 1.40 bits per heavy atom. The molecule has 1 fully saturated rings. The van der Waals surface area contributed by atoms with E-state index in [0.29, 0.717) is 67.4 Å². The molecule has 2 amide bonds. The summed E-state index contributed by atoms with van der Waals surface area (Å²) in [5.74, 6) is 0.719. The number of rotatable bonds is 6. The molecule has 2 aliphatic rings. The lowest BCUT2D eigenvalue weighted by molar-refractivity contribution is 0.0247. The lowest BCUT2D eigenvalue weighted by Gasteiger charge is -2.36. The van der Waals surface area contributed by atoms with E-state index in [1.807, 2.05) is 14.1 Å². The first-order valence-corrected chi connectivity index (χ1v) is 11.5. The van der Waals surface area contributed by atoms with Gasteiger partial charge in [0.15, 0.2) is 6.29 Å². The number of carbonyl (C=O) groups excluding carboxylic acids is 2. The van der Waals surface area contributed by atoms with Crippen LogP contribution in [0.1, 0.15) is 33.6 Å². The summed E-state index contributed by atoms with van der Waals surface area (Å²) in [4.78, 5) is 38.8. The third-order valence-electron chi connectivity index (χ3n) is 6.09. The van der Waals surface area contributed by atoms with Gasteiger partial charge in [0.1, 0.15) is 23.4 Å². The number of nitriles is 1. The van der Waals surface area contributed by atoms with Crippen LogP contribution in [0, 0.1) is 11.3 Å². The predicted molar refractivity (Wildman–Crippen MR) is 130 cm³/mol. The maximum absolute atomic E-state index is 13.2. The highest BCUT2D eigenvalue weighted by atomic mass is 16.5. The Bertz CT molecular complexity index is 1150. The van der Waals surface area contributed by atoms with Crippen LogP contribution in [0.4, 0.5) is 22.1 Å². The number of aryl methyl sites for hydroxylation is 1. The Balaban J connectivity index is 1.56. The van der Waals surface area contributed by atoms with Crippen molar-refractivity contribution in [3.63, 3.8) is 0 Å². The van der Waals surface area contributed by atoms with Crippen molar-refractivity contribution in [1.29, 1.82) is 5.26 Å². The van der Waals surface area contributed by atoms with Crippen molar-refractivity contribution in [1.82, 2.24) is 14.9 Å². The maximum Gasteiger partial charge on any atom is 0.328 e. The number of ether oxygens (including phenoxy) is 1. The van der Waals surface area contributed by atoms with Crippen LogP contribution in [-0.4, -0.2) is 85.3 Å². The molecule has 35 heavy (non-hydrogen) atoms. The minimum atomic E-state index is -0.428. The average Bonchev–Trinajstić information content (AvgIpc) is 2.87. The van der Waals surface area contributed by atoms with E-state index in [2.05, 4.69) is 31.2 Å². The van der Waals surface area contributed by atoms with E-state index in [0.717, 1.165) is 18.5 Å². The van der Waals surface area contributed by atoms with Gasteiger partial charge in [-0.3, -0.25) is 15.0 Å². The normalized spacial score (nSPS) is 17.6. The van der Waals surface area contributed by atoms with Crippen LogP contribution in [0.15, 0.2) is 18.3 Å². The second-order valence-electron chi connectivity index (χ2n) is 8.88. The van der Waals surface area contributed by atoms with E-state index >= 15 is 0 Å². The van der Waals surface area contributed by atoms with Crippen LogP contribution in [0.25, 0.3) is 0 Å². The first kappa shape index (κ1) is 24.5. The van der Waals surface area contributed by atoms with Crippen molar-refractivity contribution >= 4 is 29.6 Å². The molecule has 0 saturated carbocycles. The van der Waals surface area contributed by atoms with Crippen molar-refractivity contribution < 1.29 is 19.4 Å². The number of carbonyl (C=O) groups is 2. The summed E-state index contributed by atoms with van der Waals surface area (Å²) in [7, 11) is 3.97.